The summed E-state index contributed by atoms with van der Waals surface area (Å²) in [6.07, 6.45) is -3.16. The minimum Gasteiger partial charge on any atom is -0.466 e. The monoisotopic (exact) mass is 798 g/mol. The quantitative estimate of drug-likeness (QED) is 0.0247. The van der Waals surface area contributed by atoms with Gasteiger partial charge in [-0.2, -0.15) is 0 Å². The summed E-state index contributed by atoms with van der Waals surface area (Å²) < 4.78 is 26.8. The van der Waals surface area contributed by atoms with Crippen molar-refractivity contribution >= 4 is 17.6 Å². The van der Waals surface area contributed by atoms with Crippen LogP contribution in [0.25, 0.3) is 22.4 Å². The fourth-order valence-corrected chi connectivity index (χ4v) is 6.37. The third-order valence-corrected chi connectivity index (χ3v) is 8.82. The van der Waals surface area contributed by atoms with Gasteiger partial charge in [0.2, 0.25) is 0 Å². The lowest BCUT2D eigenvalue weighted by Gasteiger charge is -2.20. The Morgan fingerprint density at radius 2 is 1.47 bits per heavy atom. The van der Waals surface area contributed by atoms with E-state index in [0.717, 1.165) is 5.56 Å². The molecule has 0 aliphatic heterocycles. The number of aromatic nitrogens is 1. The predicted octanol–water partition coefficient (Wildman–Crippen LogP) is 5.96. The van der Waals surface area contributed by atoms with Crippen LogP contribution in [0.4, 0.5) is 10.1 Å². The van der Waals surface area contributed by atoms with Crippen molar-refractivity contribution in [2.24, 2.45) is 0 Å². The fourth-order valence-electron chi connectivity index (χ4n) is 6.37. The van der Waals surface area contributed by atoms with E-state index in [0.29, 0.717) is 40.2 Å². The number of amides is 1. The summed E-state index contributed by atoms with van der Waals surface area (Å²) in [5.74, 6) is -1.57. The van der Waals surface area contributed by atoms with E-state index in [4.69, 9.17) is 30.3 Å². The number of nitrogens with one attached hydrogen (secondary N) is 1. The summed E-state index contributed by atoms with van der Waals surface area (Å²) in [5.41, 5.74) is 4.56. The maximum Gasteiger partial charge on any atom is 0.308 e. The summed E-state index contributed by atoms with van der Waals surface area (Å²) in [4.78, 5) is 35.7. The number of halogens is 1. The van der Waals surface area contributed by atoms with Crippen LogP contribution in [-0.2, 0) is 30.5 Å². The van der Waals surface area contributed by atoms with Crippen molar-refractivity contribution in [2.75, 3.05) is 31.7 Å². The molecule has 0 radical (unpaired) electrons. The molecule has 0 bridgehead atoms. The minimum atomic E-state index is -1.20. The molecule has 0 spiro atoms. The van der Waals surface area contributed by atoms with Gasteiger partial charge in [0.05, 0.1) is 47.3 Å². The second-order valence-electron chi connectivity index (χ2n) is 13.5. The summed E-state index contributed by atoms with van der Waals surface area (Å²) in [6, 6.07) is 24.6. The first-order valence-electron chi connectivity index (χ1n) is 18.5. The summed E-state index contributed by atoms with van der Waals surface area (Å²) in [7, 11) is 0. The molecular weight excluding hydrogens is 747 g/mol. The molecule has 3 aromatic carbocycles. The Bertz CT molecular complexity index is 1810. The van der Waals surface area contributed by atoms with Crippen molar-refractivity contribution in [1.29, 1.82) is 0 Å². The summed E-state index contributed by atoms with van der Waals surface area (Å²) in [5, 5.41) is 58.6. The molecule has 0 fully saturated rings. The molecule has 3 unspecified atom stereocenters. The standard InChI is InChI=1S/C40H51FN4O12/c1-27(2)38-37(40(49)42-31-12-7-4-8-13-31)36(28-10-5-3-6-11-28)39(29-14-16-30(41)17-15-29)43(38)20-18-32(46)24-33(47)25-35(48)55-22-9-21-54-23-19-34(57-45(52)53)26-56-44(50)51/h3-8,10-17,27,32-34,46-47,50-53H,9,18-26H2,1-2H3,(H,42,49). The molecule has 0 saturated carbocycles. The molecular formula is C40H51FN4O12. The third kappa shape index (κ3) is 14.4. The Morgan fingerprint density at radius 1 is 0.807 bits per heavy atom. The average molecular weight is 799 g/mol. The van der Waals surface area contributed by atoms with Crippen molar-refractivity contribution in [2.45, 2.75) is 76.7 Å². The van der Waals surface area contributed by atoms with Gasteiger partial charge in [-0.25, -0.2) is 14.1 Å². The first-order valence-corrected chi connectivity index (χ1v) is 18.5. The van der Waals surface area contributed by atoms with Gasteiger partial charge in [0.1, 0.15) is 18.5 Å². The van der Waals surface area contributed by atoms with Crippen LogP contribution < -0.4 is 5.32 Å². The van der Waals surface area contributed by atoms with Crippen molar-refractivity contribution in [1.82, 2.24) is 15.3 Å². The highest BCUT2D eigenvalue weighted by molar-refractivity contribution is 6.12. The SMILES string of the molecule is CC(C)c1c(C(=O)Nc2ccccc2)c(-c2ccccc2)c(-c2ccc(F)cc2)n1CCC(O)CC(O)CC(=O)OCCCOCCC(CON(O)O)ON(O)O. The second kappa shape index (κ2) is 22.9. The van der Waals surface area contributed by atoms with Gasteiger partial charge in [-0.3, -0.25) is 30.4 Å². The maximum atomic E-state index is 14.3. The zero-order valence-electron chi connectivity index (χ0n) is 31.8. The maximum absolute atomic E-state index is 14.3. The first-order chi connectivity index (χ1) is 27.3. The Balaban J connectivity index is 1.41. The van der Waals surface area contributed by atoms with Crippen molar-refractivity contribution in [3.05, 3.63) is 102 Å². The number of nitrogens with zero attached hydrogens (tertiary/aromatic N) is 3. The predicted molar refractivity (Wildman–Crippen MR) is 202 cm³/mol. The van der Waals surface area contributed by atoms with E-state index in [-0.39, 0.29) is 63.9 Å². The molecule has 1 aromatic heterocycles. The van der Waals surface area contributed by atoms with Crippen molar-refractivity contribution in [3.8, 4) is 22.4 Å². The first kappa shape index (κ1) is 45.1. The Hall–Kier alpha value is -4.63. The number of hydrogen-bond donors (Lipinski definition) is 7. The molecule has 4 aromatic rings. The second-order valence-corrected chi connectivity index (χ2v) is 13.5. The highest BCUT2D eigenvalue weighted by atomic mass is 19.1. The molecule has 57 heavy (non-hydrogen) atoms. The lowest BCUT2D eigenvalue weighted by Crippen LogP contribution is -2.32. The van der Waals surface area contributed by atoms with Crippen molar-refractivity contribution in [3.63, 3.8) is 0 Å². The number of para-hydroxylation sites is 1. The van der Waals surface area contributed by atoms with Gasteiger partial charge >= 0.3 is 5.97 Å². The lowest BCUT2D eigenvalue weighted by atomic mass is 9.94. The summed E-state index contributed by atoms with van der Waals surface area (Å²) in [6.45, 7) is 3.96. The normalized spacial score (nSPS) is 13.3. The van der Waals surface area contributed by atoms with Gasteiger partial charge in [-0.05, 0) is 66.3 Å². The van der Waals surface area contributed by atoms with Gasteiger partial charge in [0.25, 0.3) is 5.91 Å². The van der Waals surface area contributed by atoms with Crippen LogP contribution in [0.15, 0.2) is 84.9 Å². The molecule has 7 N–H and O–H groups in total. The number of carbonyl (C=O) groups is 2. The third-order valence-electron chi connectivity index (χ3n) is 8.82. The number of benzene rings is 3. The van der Waals surface area contributed by atoms with E-state index in [1.165, 1.54) is 12.1 Å². The van der Waals surface area contributed by atoms with Gasteiger partial charge < -0.3 is 29.6 Å². The van der Waals surface area contributed by atoms with Crippen LogP contribution in [0.5, 0.6) is 0 Å². The van der Waals surface area contributed by atoms with Crippen molar-refractivity contribution < 1.29 is 64.2 Å². The number of aliphatic hydroxyl groups excluding tert-OH is 2. The average Bonchev–Trinajstić information content (AvgIpc) is 3.52. The number of rotatable bonds is 24. The molecule has 1 heterocycles. The largest absolute Gasteiger partial charge is 0.466 e. The van der Waals surface area contributed by atoms with Crippen LogP contribution in [0.2, 0.25) is 0 Å². The van der Waals surface area contributed by atoms with Gasteiger partial charge in [-0.1, -0.05) is 62.4 Å². The van der Waals surface area contributed by atoms with E-state index in [1.807, 2.05) is 66.9 Å². The molecule has 16 nitrogen and oxygen atoms in total. The molecule has 0 saturated heterocycles. The summed E-state index contributed by atoms with van der Waals surface area (Å²) >= 11 is 0. The number of carbonyl (C=O) groups excluding carboxylic acids is 2. The minimum absolute atomic E-state index is 0.0100. The zero-order chi connectivity index (χ0) is 41.3. The van der Waals surface area contributed by atoms with E-state index < -0.39 is 47.5 Å². The zero-order valence-corrected chi connectivity index (χ0v) is 31.8. The van der Waals surface area contributed by atoms with E-state index in [9.17, 15) is 24.2 Å². The number of esters is 1. The van der Waals surface area contributed by atoms with Crippen LogP contribution in [-0.4, -0.2) is 103 Å². The Morgan fingerprint density at radius 3 is 2.11 bits per heavy atom. The Kier molecular flexibility index (Phi) is 18.1. The molecule has 3 atom stereocenters. The molecule has 1 amide bonds. The van der Waals surface area contributed by atoms with Crippen LogP contribution in [0.1, 0.15) is 67.9 Å². The molecule has 4 rings (SSSR count). The number of ether oxygens (including phenoxy) is 2. The Labute approximate surface area is 329 Å². The molecule has 310 valence electrons. The molecule has 0 aliphatic carbocycles. The van der Waals surface area contributed by atoms with Gasteiger partial charge in [-0.15, -0.1) is 0 Å². The lowest BCUT2D eigenvalue weighted by molar-refractivity contribution is -0.527. The number of aliphatic hydroxyl groups is 2. The van der Waals surface area contributed by atoms with E-state index in [2.05, 4.69) is 15.0 Å². The van der Waals surface area contributed by atoms with E-state index >= 15 is 0 Å². The fraction of sp³-hybridized carbons (Fsp3) is 0.400. The number of anilines is 1. The highest BCUT2D eigenvalue weighted by Crippen LogP contribution is 2.42. The molecule has 0 aliphatic rings. The number of hydrogen-bond acceptors (Lipinski definition) is 14. The molecule has 17 heteroatoms. The van der Waals surface area contributed by atoms with Crippen LogP contribution in [0.3, 0.4) is 0 Å². The van der Waals surface area contributed by atoms with Gasteiger partial charge in [0, 0.05) is 49.5 Å². The highest BCUT2D eigenvalue weighted by Gasteiger charge is 2.31. The van der Waals surface area contributed by atoms with Crippen LogP contribution in [0, 0.1) is 5.82 Å². The van der Waals surface area contributed by atoms with E-state index in [1.54, 1.807) is 24.3 Å². The smallest absolute Gasteiger partial charge is 0.308 e. The van der Waals surface area contributed by atoms with Crippen LogP contribution >= 0.6 is 0 Å². The van der Waals surface area contributed by atoms with Gasteiger partial charge in [0.15, 0.2) is 0 Å². The topological polar surface area (TPSA) is 216 Å².